The van der Waals surface area contributed by atoms with Crippen molar-refractivity contribution in [3.8, 4) is 0 Å². The Balaban J connectivity index is 2.89. The second-order valence-electron chi connectivity index (χ2n) is 5.52. The van der Waals surface area contributed by atoms with Crippen molar-refractivity contribution in [2.45, 2.75) is 45.5 Å². The first-order valence-electron chi connectivity index (χ1n) is 5.73. The highest BCUT2D eigenvalue weighted by atomic mass is 35.5. The molecule has 1 atom stereocenters. The maximum absolute atomic E-state index is 11.9. The van der Waals surface area contributed by atoms with Crippen molar-refractivity contribution in [1.82, 2.24) is 5.32 Å². The van der Waals surface area contributed by atoms with Crippen molar-refractivity contribution in [3.63, 3.8) is 0 Å². The maximum Gasteiger partial charge on any atom is 0.243 e. The average Bonchev–Trinajstić information content (AvgIpc) is 2.12. The molecule has 0 saturated carbocycles. The smallest absolute Gasteiger partial charge is 0.243 e. The van der Waals surface area contributed by atoms with Crippen LogP contribution in [0, 0.1) is 13.8 Å². The zero-order chi connectivity index (χ0) is 13.2. The second kappa shape index (κ2) is 5.09. The molecule has 0 aliphatic heterocycles. The standard InChI is InChI=1S/C14H20ClNO/c1-9-6-10(2)8-11(7-9)12(15)13(17)16-14(3,4)5/h6-8,12H,1-5H3,(H,16,17). The predicted molar refractivity (Wildman–Crippen MR) is 72.4 cm³/mol. The van der Waals surface area contributed by atoms with E-state index in [1.165, 1.54) is 0 Å². The Labute approximate surface area is 108 Å². The summed E-state index contributed by atoms with van der Waals surface area (Å²) in [6, 6.07) is 5.97. The van der Waals surface area contributed by atoms with Crippen molar-refractivity contribution >= 4 is 17.5 Å². The molecule has 3 heteroatoms. The van der Waals surface area contributed by atoms with Gasteiger partial charge in [-0.1, -0.05) is 29.3 Å². The van der Waals surface area contributed by atoms with Crippen molar-refractivity contribution in [3.05, 3.63) is 34.9 Å². The van der Waals surface area contributed by atoms with Crippen LogP contribution in [-0.4, -0.2) is 11.4 Å². The van der Waals surface area contributed by atoms with Gasteiger partial charge in [0.05, 0.1) is 0 Å². The summed E-state index contributed by atoms with van der Waals surface area (Å²) < 4.78 is 0. The van der Waals surface area contributed by atoms with Gasteiger partial charge in [0.1, 0.15) is 5.38 Å². The van der Waals surface area contributed by atoms with Crippen LogP contribution in [0.4, 0.5) is 0 Å². The molecule has 0 aliphatic carbocycles. The Morgan fingerprint density at radius 1 is 1.18 bits per heavy atom. The van der Waals surface area contributed by atoms with E-state index >= 15 is 0 Å². The fraction of sp³-hybridized carbons (Fsp3) is 0.500. The van der Waals surface area contributed by atoms with Gasteiger partial charge in [-0.2, -0.15) is 0 Å². The van der Waals surface area contributed by atoms with Crippen LogP contribution in [0.5, 0.6) is 0 Å². The van der Waals surface area contributed by atoms with Crippen LogP contribution in [0.25, 0.3) is 0 Å². The van der Waals surface area contributed by atoms with E-state index in [2.05, 4.69) is 11.4 Å². The first kappa shape index (κ1) is 14.0. The third kappa shape index (κ3) is 4.39. The van der Waals surface area contributed by atoms with Gasteiger partial charge in [-0.15, -0.1) is 11.6 Å². The van der Waals surface area contributed by atoms with Crippen molar-refractivity contribution in [2.75, 3.05) is 0 Å². The fourth-order valence-electron chi connectivity index (χ4n) is 1.74. The number of aryl methyl sites for hydroxylation is 2. The van der Waals surface area contributed by atoms with Gasteiger partial charge < -0.3 is 5.32 Å². The van der Waals surface area contributed by atoms with Crippen LogP contribution in [0.2, 0.25) is 0 Å². The fourth-order valence-corrected chi connectivity index (χ4v) is 1.92. The Kier molecular flexibility index (Phi) is 4.21. The number of hydrogen-bond donors (Lipinski definition) is 1. The number of nitrogens with one attached hydrogen (secondary N) is 1. The van der Waals surface area contributed by atoms with Gasteiger partial charge in [0.15, 0.2) is 0 Å². The number of carbonyl (C=O) groups excluding carboxylic acids is 1. The molecule has 1 N–H and O–H groups in total. The molecule has 1 rings (SSSR count). The van der Waals surface area contributed by atoms with E-state index in [-0.39, 0.29) is 11.4 Å². The summed E-state index contributed by atoms with van der Waals surface area (Å²) in [4.78, 5) is 11.9. The molecule has 17 heavy (non-hydrogen) atoms. The van der Waals surface area contributed by atoms with E-state index in [1.807, 2.05) is 46.8 Å². The van der Waals surface area contributed by atoms with E-state index < -0.39 is 5.38 Å². The summed E-state index contributed by atoms with van der Waals surface area (Å²) in [6.45, 7) is 9.82. The molecule has 0 spiro atoms. The quantitative estimate of drug-likeness (QED) is 0.803. The first-order chi connectivity index (χ1) is 7.69. The van der Waals surface area contributed by atoms with Crippen LogP contribution in [-0.2, 0) is 4.79 Å². The third-order valence-corrected chi connectivity index (χ3v) is 2.72. The van der Waals surface area contributed by atoms with E-state index in [1.54, 1.807) is 0 Å². The summed E-state index contributed by atoms with van der Waals surface area (Å²) in [5.41, 5.74) is 2.83. The van der Waals surface area contributed by atoms with Gasteiger partial charge in [0.2, 0.25) is 5.91 Å². The number of carbonyl (C=O) groups is 1. The lowest BCUT2D eigenvalue weighted by Gasteiger charge is -2.22. The Morgan fingerprint density at radius 2 is 1.65 bits per heavy atom. The number of benzene rings is 1. The van der Waals surface area contributed by atoms with Crippen molar-refractivity contribution in [1.29, 1.82) is 0 Å². The zero-order valence-corrected chi connectivity index (χ0v) is 11.9. The molecular weight excluding hydrogens is 234 g/mol. The molecule has 0 aromatic heterocycles. The molecule has 0 heterocycles. The molecule has 94 valence electrons. The van der Waals surface area contributed by atoms with Crippen molar-refractivity contribution in [2.24, 2.45) is 0 Å². The Hall–Kier alpha value is -1.02. The molecule has 0 aliphatic rings. The van der Waals surface area contributed by atoms with Gasteiger partial charge in [-0.25, -0.2) is 0 Å². The highest BCUT2D eigenvalue weighted by Crippen LogP contribution is 2.23. The summed E-state index contributed by atoms with van der Waals surface area (Å²) in [7, 11) is 0. The van der Waals surface area contributed by atoms with Gasteiger partial charge in [0.25, 0.3) is 0 Å². The largest absolute Gasteiger partial charge is 0.350 e. The normalized spacial score (nSPS) is 13.3. The predicted octanol–water partition coefficient (Wildman–Crippen LogP) is 3.50. The number of halogens is 1. The Bertz CT molecular complexity index is 400. The molecule has 2 nitrogen and oxygen atoms in total. The molecule has 1 aromatic rings. The van der Waals surface area contributed by atoms with Gasteiger partial charge in [-0.3, -0.25) is 4.79 Å². The summed E-state index contributed by atoms with van der Waals surface area (Å²) in [6.07, 6.45) is 0. The number of rotatable bonds is 2. The van der Waals surface area contributed by atoms with Crippen LogP contribution in [0.3, 0.4) is 0 Å². The molecule has 0 radical (unpaired) electrons. The molecule has 1 amide bonds. The van der Waals surface area contributed by atoms with Crippen LogP contribution >= 0.6 is 11.6 Å². The molecule has 0 bridgehead atoms. The van der Waals surface area contributed by atoms with E-state index in [0.717, 1.165) is 16.7 Å². The zero-order valence-electron chi connectivity index (χ0n) is 11.1. The minimum absolute atomic E-state index is 0.149. The van der Waals surface area contributed by atoms with Gasteiger partial charge in [-0.05, 0) is 40.2 Å². The summed E-state index contributed by atoms with van der Waals surface area (Å²) in [5.74, 6) is -0.149. The van der Waals surface area contributed by atoms with E-state index in [9.17, 15) is 4.79 Å². The Morgan fingerprint density at radius 3 is 2.06 bits per heavy atom. The number of alkyl halides is 1. The topological polar surface area (TPSA) is 29.1 Å². The lowest BCUT2D eigenvalue weighted by molar-refractivity contribution is -0.122. The lowest BCUT2D eigenvalue weighted by Crippen LogP contribution is -2.42. The SMILES string of the molecule is Cc1cc(C)cc(C(Cl)C(=O)NC(C)(C)C)c1. The first-order valence-corrected chi connectivity index (χ1v) is 6.17. The minimum atomic E-state index is -0.632. The minimum Gasteiger partial charge on any atom is -0.350 e. The summed E-state index contributed by atoms with van der Waals surface area (Å²) in [5, 5.41) is 2.25. The molecule has 1 aromatic carbocycles. The van der Waals surface area contributed by atoms with Crippen LogP contribution in [0.15, 0.2) is 18.2 Å². The maximum atomic E-state index is 11.9. The molecule has 0 saturated heterocycles. The van der Waals surface area contributed by atoms with Crippen LogP contribution < -0.4 is 5.32 Å². The number of hydrogen-bond acceptors (Lipinski definition) is 1. The average molecular weight is 254 g/mol. The van der Waals surface area contributed by atoms with Crippen molar-refractivity contribution < 1.29 is 4.79 Å². The highest BCUT2D eigenvalue weighted by Gasteiger charge is 2.22. The number of amides is 1. The van der Waals surface area contributed by atoms with E-state index in [0.29, 0.717) is 0 Å². The van der Waals surface area contributed by atoms with Gasteiger partial charge >= 0.3 is 0 Å². The lowest BCUT2D eigenvalue weighted by atomic mass is 10.0. The molecular formula is C14H20ClNO. The van der Waals surface area contributed by atoms with Gasteiger partial charge in [0, 0.05) is 5.54 Å². The van der Waals surface area contributed by atoms with Crippen LogP contribution in [0.1, 0.15) is 42.8 Å². The third-order valence-electron chi connectivity index (χ3n) is 2.27. The van der Waals surface area contributed by atoms with E-state index in [4.69, 9.17) is 11.6 Å². The molecule has 0 fully saturated rings. The molecule has 1 unspecified atom stereocenters. The monoisotopic (exact) mass is 253 g/mol. The second-order valence-corrected chi connectivity index (χ2v) is 5.96. The highest BCUT2D eigenvalue weighted by molar-refractivity contribution is 6.30. The summed E-state index contributed by atoms with van der Waals surface area (Å²) >= 11 is 6.19.